The van der Waals surface area contributed by atoms with Crippen LogP contribution in [0.15, 0.2) is 59.8 Å². The molecule has 3 aliphatic heterocycles. The van der Waals surface area contributed by atoms with Gasteiger partial charge >= 0.3 is 17.9 Å². The molecule has 3 aromatic carbocycles. The second kappa shape index (κ2) is 24.4. The highest BCUT2D eigenvalue weighted by Crippen LogP contribution is 2.46. The third kappa shape index (κ3) is 14.0. The Labute approximate surface area is 426 Å². The molecule has 23 heteroatoms. The van der Waals surface area contributed by atoms with Crippen LogP contribution in [0.25, 0.3) is 28.1 Å². The number of nitrogens with zero attached hydrogens (tertiary/aromatic N) is 8. The number of methoxy groups -OCH3 is 1. The van der Waals surface area contributed by atoms with Crippen molar-refractivity contribution in [1.82, 2.24) is 39.6 Å². The predicted molar refractivity (Wildman–Crippen MR) is 266 cm³/mol. The van der Waals surface area contributed by atoms with Gasteiger partial charge in [-0.25, -0.2) is 4.68 Å². The van der Waals surface area contributed by atoms with E-state index in [1.54, 1.807) is 61.9 Å². The normalized spacial score (nSPS) is 17.2. The number of ether oxygens (including phenoxy) is 3. The van der Waals surface area contributed by atoms with Crippen molar-refractivity contribution in [1.29, 1.82) is 0 Å². The van der Waals surface area contributed by atoms with Gasteiger partial charge < -0.3 is 44.6 Å². The van der Waals surface area contributed by atoms with E-state index >= 15 is 0 Å². The lowest BCUT2D eigenvalue weighted by Crippen LogP contribution is -2.55. The Balaban J connectivity index is 1.02. The van der Waals surface area contributed by atoms with E-state index in [1.165, 1.54) is 0 Å². The smallest absolute Gasteiger partial charge is 0.317 e. The summed E-state index contributed by atoms with van der Waals surface area (Å²) in [6, 6.07) is 16.4. The van der Waals surface area contributed by atoms with Crippen LogP contribution < -0.4 is 14.8 Å². The molecular formula is C49H59Cl2N9O12. The fourth-order valence-electron chi connectivity index (χ4n) is 8.87. The fourth-order valence-corrected chi connectivity index (χ4v) is 9.39. The van der Waals surface area contributed by atoms with Gasteiger partial charge in [0.25, 0.3) is 5.91 Å². The predicted octanol–water partition coefficient (Wildman–Crippen LogP) is 3.61. The lowest BCUT2D eigenvalue weighted by molar-refractivity contribution is -0.140. The number of hydrogen-bond acceptors (Lipinski definition) is 15. The van der Waals surface area contributed by atoms with Crippen LogP contribution >= 0.6 is 23.2 Å². The Bertz CT molecular complexity index is 2610. The first-order chi connectivity index (χ1) is 34.5. The molecule has 4 aromatic rings. The van der Waals surface area contributed by atoms with Crippen molar-refractivity contribution in [3.05, 3.63) is 81.5 Å². The highest BCUT2D eigenvalue weighted by atomic mass is 35.5. The van der Waals surface area contributed by atoms with E-state index in [0.29, 0.717) is 82.5 Å². The minimum absolute atomic E-state index is 0.0357. The van der Waals surface area contributed by atoms with Gasteiger partial charge in [-0.2, -0.15) is 5.10 Å². The van der Waals surface area contributed by atoms with Gasteiger partial charge in [-0.1, -0.05) is 46.6 Å². The summed E-state index contributed by atoms with van der Waals surface area (Å²) in [5, 5.41) is 41.1. The topological polar surface area (TPSA) is 241 Å². The summed E-state index contributed by atoms with van der Waals surface area (Å²) in [7, 11) is 1.57. The SMILES string of the molecule is COc1cc2c(cc1-c1cccc(/C=N/OCCNC(=O)CN3CCN(CC(=O)O)CCN(CC(=O)O)CCN(CC(=O)O)CC3)c1)-c1c(c(C(=O)N3CCOCC3(C)C)nn1-c1cc(Cl)cc(Cl)c1)CO2. The Morgan fingerprint density at radius 2 is 1.39 bits per heavy atom. The lowest BCUT2D eigenvalue weighted by atomic mass is 9.94. The number of carboxylic acids is 3. The van der Waals surface area contributed by atoms with Crippen molar-refractivity contribution < 1.29 is 58.3 Å². The van der Waals surface area contributed by atoms with E-state index in [1.807, 2.05) is 49.1 Å². The molecule has 0 spiro atoms. The zero-order chi connectivity index (χ0) is 51.5. The number of amides is 2. The summed E-state index contributed by atoms with van der Waals surface area (Å²) < 4.78 is 19.6. The Hall–Kier alpha value is -6.33. The molecule has 21 nitrogen and oxygen atoms in total. The van der Waals surface area contributed by atoms with Gasteiger partial charge in [0.1, 0.15) is 24.7 Å². The molecule has 386 valence electrons. The fraction of sp³-hybridized carbons (Fsp3) is 0.449. The summed E-state index contributed by atoms with van der Waals surface area (Å²) in [5.74, 6) is -2.61. The van der Waals surface area contributed by atoms with Gasteiger partial charge in [-0.05, 0) is 55.3 Å². The van der Waals surface area contributed by atoms with Crippen molar-refractivity contribution in [2.45, 2.75) is 26.0 Å². The monoisotopic (exact) mass is 1040 g/mol. The van der Waals surface area contributed by atoms with E-state index in [2.05, 4.69) is 10.5 Å². The average molecular weight is 1040 g/mol. The molecule has 7 rings (SSSR count). The van der Waals surface area contributed by atoms with Crippen molar-refractivity contribution >= 4 is 59.1 Å². The first-order valence-corrected chi connectivity index (χ1v) is 24.1. The van der Waals surface area contributed by atoms with Crippen molar-refractivity contribution in [3.63, 3.8) is 0 Å². The maximum atomic E-state index is 14.4. The number of carbonyl (C=O) groups is 5. The van der Waals surface area contributed by atoms with Crippen LogP contribution in [0.5, 0.6) is 11.5 Å². The van der Waals surface area contributed by atoms with Gasteiger partial charge in [-0.3, -0.25) is 43.6 Å². The lowest BCUT2D eigenvalue weighted by Gasteiger charge is -2.41. The van der Waals surface area contributed by atoms with Crippen LogP contribution in [-0.4, -0.2) is 210 Å². The molecule has 4 N–H and O–H groups in total. The molecule has 0 radical (unpaired) electrons. The summed E-state index contributed by atoms with van der Waals surface area (Å²) in [5.41, 5.74) is 4.33. The van der Waals surface area contributed by atoms with Gasteiger partial charge in [-0.15, -0.1) is 0 Å². The van der Waals surface area contributed by atoms with Gasteiger partial charge in [0.15, 0.2) is 5.69 Å². The maximum absolute atomic E-state index is 14.4. The molecule has 3 aliphatic rings. The Morgan fingerprint density at radius 1 is 0.792 bits per heavy atom. The molecule has 2 fully saturated rings. The summed E-state index contributed by atoms with van der Waals surface area (Å²) in [4.78, 5) is 76.5. The zero-order valence-electron chi connectivity index (χ0n) is 40.4. The van der Waals surface area contributed by atoms with Crippen LogP contribution in [-0.2, 0) is 35.4 Å². The Morgan fingerprint density at radius 3 is 1.96 bits per heavy atom. The van der Waals surface area contributed by atoms with Crippen LogP contribution in [0.2, 0.25) is 10.0 Å². The number of fused-ring (bicyclic) bond motifs is 3. The van der Waals surface area contributed by atoms with Crippen LogP contribution in [0.4, 0.5) is 0 Å². The minimum Gasteiger partial charge on any atom is -0.496 e. The van der Waals surface area contributed by atoms with Gasteiger partial charge in [0.05, 0.1) is 76.2 Å². The summed E-state index contributed by atoms with van der Waals surface area (Å²) >= 11 is 13.0. The van der Waals surface area contributed by atoms with E-state index in [9.17, 15) is 39.3 Å². The number of rotatable bonds is 17. The quantitative estimate of drug-likeness (QED) is 0.0671. The van der Waals surface area contributed by atoms with Crippen molar-refractivity contribution in [2.24, 2.45) is 5.16 Å². The van der Waals surface area contributed by atoms with Crippen LogP contribution in [0, 0.1) is 0 Å². The molecule has 0 atom stereocenters. The van der Waals surface area contributed by atoms with Gasteiger partial charge in [0.2, 0.25) is 5.91 Å². The molecule has 2 amide bonds. The summed E-state index contributed by atoms with van der Waals surface area (Å²) in [6.07, 6.45) is 1.55. The number of hydrogen-bond donors (Lipinski definition) is 4. The number of oxime groups is 1. The number of benzene rings is 3. The molecule has 0 aliphatic carbocycles. The standard InChI is InChI=1S/C49H59Cl2N9O12/c1-49(2)31-70-18-16-59(49)48(68)46-39-30-71-41-24-40(69-3)37(23-38(41)47(39)60(54-46)36-21-34(50)20-35(51)22-36)33-6-4-5-32(19-33)25-53-72-17-7-52-42(61)26-55-8-10-56(27-43(62)63)12-14-58(29-45(66)67)15-13-57(11-9-55)28-44(64)65/h4-6,19-25H,7-18,26-31H2,1-3H3,(H,52,61)(H,62,63)(H,64,65)(H,66,67)/b53-25+. The van der Waals surface area contributed by atoms with Gasteiger partial charge in [0, 0.05) is 91.7 Å². The van der Waals surface area contributed by atoms with E-state index in [-0.39, 0.29) is 103 Å². The number of carboxylic acid groups (broad SMARTS) is 3. The third-order valence-corrected chi connectivity index (χ3v) is 12.9. The molecule has 1 aromatic heterocycles. The zero-order valence-corrected chi connectivity index (χ0v) is 41.9. The molecule has 2 saturated heterocycles. The van der Waals surface area contributed by atoms with Crippen LogP contribution in [0.3, 0.4) is 0 Å². The second-order valence-electron chi connectivity index (χ2n) is 18.2. The number of halogens is 2. The maximum Gasteiger partial charge on any atom is 0.317 e. The van der Waals surface area contributed by atoms with Crippen molar-refractivity contribution in [3.8, 4) is 39.6 Å². The molecular weight excluding hydrogens is 977 g/mol. The number of morpholine rings is 1. The minimum atomic E-state index is -1.04. The summed E-state index contributed by atoms with van der Waals surface area (Å²) in [6.45, 7) is 6.80. The first kappa shape index (κ1) is 53.5. The molecule has 0 bridgehead atoms. The van der Waals surface area contributed by atoms with Crippen molar-refractivity contribution in [2.75, 3.05) is 119 Å². The third-order valence-electron chi connectivity index (χ3n) is 12.5. The number of aliphatic carboxylic acids is 3. The van der Waals surface area contributed by atoms with E-state index in [4.69, 9.17) is 47.3 Å². The van der Waals surface area contributed by atoms with E-state index < -0.39 is 23.4 Å². The van der Waals surface area contributed by atoms with E-state index in [0.717, 1.165) is 11.1 Å². The second-order valence-corrected chi connectivity index (χ2v) is 19.1. The van der Waals surface area contributed by atoms with Crippen LogP contribution in [0.1, 0.15) is 35.5 Å². The number of nitrogens with one attached hydrogen (secondary N) is 1. The Kier molecular flexibility index (Phi) is 18.1. The largest absolute Gasteiger partial charge is 0.496 e. The number of carbonyl (C=O) groups excluding carboxylic acids is 2. The molecule has 0 saturated carbocycles. The number of aromatic nitrogens is 2. The first-order valence-electron chi connectivity index (χ1n) is 23.4. The molecule has 0 unspecified atom stereocenters. The highest BCUT2D eigenvalue weighted by Gasteiger charge is 2.39. The highest BCUT2D eigenvalue weighted by molar-refractivity contribution is 6.34. The average Bonchev–Trinajstić information content (AvgIpc) is 3.72. The molecule has 72 heavy (non-hydrogen) atoms. The molecule has 4 heterocycles.